The topological polar surface area (TPSA) is 20.3 Å². The molecule has 2 heteroatoms. The van der Waals surface area contributed by atoms with Crippen LogP contribution in [0.1, 0.15) is 21.5 Å². The zero-order valence-electron chi connectivity index (χ0n) is 16.2. The van der Waals surface area contributed by atoms with Gasteiger partial charge in [0, 0.05) is 17.7 Å². The second-order valence-electron chi connectivity index (χ2n) is 7.37. The molecular formula is C26H23NO. The number of hydrogen-bond donors (Lipinski definition) is 0. The first-order chi connectivity index (χ1) is 13.6. The summed E-state index contributed by atoms with van der Waals surface area (Å²) in [7, 11) is 4.14. The first kappa shape index (κ1) is 18.1. The first-order valence-electron chi connectivity index (χ1n) is 9.48. The molecule has 0 heterocycles. The highest BCUT2D eigenvalue weighted by Gasteiger charge is 2.12. The molecule has 0 fully saturated rings. The van der Waals surface area contributed by atoms with Crippen LogP contribution in [0.15, 0.2) is 91.0 Å². The molecule has 0 aliphatic heterocycles. The van der Waals surface area contributed by atoms with E-state index in [2.05, 4.69) is 43.3 Å². The van der Waals surface area contributed by atoms with E-state index in [0.29, 0.717) is 5.56 Å². The van der Waals surface area contributed by atoms with Crippen molar-refractivity contribution in [3.8, 4) is 11.1 Å². The van der Waals surface area contributed by atoms with Gasteiger partial charge in [-0.25, -0.2) is 0 Å². The molecule has 0 spiro atoms. The summed E-state index contributed by atoms with van der Waals surface area (Å²) in [6, 6.07) is 30.4. The Kier molecular flexibility index (Phi) is 5.05. The average Bonchev–Trinajstić information content (AvgIpc) is 2.73. The fraction of sp³-hybridized carbons (Fsp3) is 0.115. The van der Waals surface area contributed by atoms with Crippen LogP contribution in [0.2, 0.25) is 0 Å². The molecule has 0 aromatic heterocycles. The number of nitrogens with zero attached hydrogens (tertiary/aromatic N) is 1. The molecule has 138 valence electrons. The van der Waals surface area contributed by atoms with Crippen molar-refractivity contribution in [1.29, 1.82) is 0 Å². The third-order valence-corrected chi connectivity index (χ3v) is 4.97. The molecule has 0 amide bonds. The molecule has 0 saturated carbocycles. The van der Waals surface area contributed by atoms with Crippen LogP contribution in [0.25, 0.3) is 21.9 Å². The van der Waals surface area contributed by atoms with Gasteiger partial charge in [-0.1, -0.05) is 91.0 Å². The number of benzene rings is 4. The Morgan fingerprint density at radius 2 is 1.32 bits per heavy atom. The lowest BCUT2D eigenvalue weighted by molar-refractivity contribution is 0.104. The van der Waals surface area contributed by atoms with E-state index in [1.54, 1.807) is 0 Å². The van der Waals surface area contributed by atoms with Gasteiger partial charge < -0.3 is 4.90 Å². The summed E-state index contributed by atoms with van der Waals surface area (Å²) >= 11 is 0. The molecule has 0 atom stereocenters. The molecule has 0 unspecified atom stereocenters. The van der Waals surface area contributed by atoms with Crippen molar-refractivity contribution in [3.63, 3.8) is 0 Å². The summed E-state index contributed by atoms with van der Waals surface area (Å²) in [5, 5.41) is 2.08. The molecule has 4 aromatic rings. The highest BCUT2D eigenvalue weighted by Crippen LogP contribution is 2.24. The number of hydrogen-bond acceptors (Lipinski definition) is 2. The van der Waals surface area contributed by atoms with Gasteiger partial charge in [0.1, 0.15) is 0 Å². The van der Waals surface area contributed by atoms with Crippen molar-refractivity contribution >= 4 is 16.6 Å². The predicted molar refractivity (Wildman–Crippen MR) is 117 cm³/mol. The minimum atomic E-state index is 0.0599. The summed E-state index contributed by atoms with van der Waals surface area (Å²) in [4.78, 5) is 15.2. The molecule has 0 bridgehead atoms. The van der Waals surface area contributed by atoms with Gasteiger partial charge in [-0.15, -0.1) is 0 Å². The standard InChI is InChI=1S/C26H23NO/c1-27(2)18-19-10-12-20(13-11-19)21-14-16-23(17-15-21)26(28)25-9-5-7-22-6-3-4-8-24(22)25/h3-17H,18H2,1-2H3. The lowest BCUT2D eigenvalue weighted by atomic mass is 9.95. The summed E-state index contributed by atoms with van der Waals surface area (Å²) in [6.45, 7) is 0.929. The van der Waals surface area contributed by atoms with Crippen molar-refractivity contribution in [3.05, 3.63) is 108 Å². The molecule has 4 aromatic carbocycles. The zero-order chi connectivity index (χ0) is 19.5. The van der Waals surface area contributed by atoms with E-state index in [4.69, 9.17) is 0 Å². The molecular weight excluding hydrogens is 342 g/mol. The Labute approximate surface area is 166 Å². The van der Waals surface area contributed by atoms with Gasteiger partial charge in [0.2, 0.25) is 0 Å². The molecule has 0 aliphatic carbocycles. The highest BCUT2D eigenvalue weighted by atomic mass is 16.1. The van der Waals surface area contributed by atoms with E-state index >= 15 is 0 Å². The van der Waals surface area contributed by atoms with Crippen LogP contribution in [0, 0.1) is 0 Å². The monoisotopic (exact) mass is 365 g/mol. The largest absolute Gasteiger partial charge is 0.305 e. The highest BCUT2D eigenvalue weighted by molar-refractivity contribution is 6.16. The summed E-state index contributed by atoms with van der Waals surface area (Å²) in [5.41, 5.74) is 5.03. The Bertz CT molecular complexity index is 1100. The fourth-order valence-electron chi connectivity index (χ4n) is 3.56. The van der Waals surface area contributed by atoms with Gasteiger partial charge in [0.25, 0.3) is 0 Å². The first-order valence-corrected chi connectivity index (χ1v) is 9.48. The maximum Gasteiger partial charge on any atom is 0.193 e. The van der Waals surface area contributed by atoms with Gasteiger partial charge in [-0.05, 0) is 41.6 Å². The molecule has 0 radical (unpaired) electrons. The van der Waals surface area contributed by atoms with Gasteiger partial charge in [-0.2, -0.15) is 0 Å². The number of carbonyl (C=O) groups excluding carboxylic acids is 1. The molecule has 0 saturated heterocycles. The molecule has 28 heavy (non-hydrogen) atoms. The van der Waals surface area contributed by atoms with Crippen LogP contribution < -0.4 is 0 Å². The van der Waals surface area contributed by atoms with E-state index in [-0.39, 0.29) is 5.78 Å². The van der Waals surface area contributed by atoms with Crippen molar-refractivity contribution < 1.29 is 4.79 Å². The number of rotatable bonds is 5. The summed E-state index contributed by atoms with van der Waals surface area (Å²) < 4.78 is 0. The normalized spacial score (nSPS) is 11.1. The minimum Gasteiger partial charge on any atom is -0.305 e. The maximum atomic E-state index is 13.1. The zero-order valence-corrected chi connectivity index (χ0v) is 16.2. The second kappa shape index (κ2) is 7.79. The van der Waals surface area contributed by atoms with Crippen LogP contribution in [0.4, 0.5) is 0 Å². The number of fused-ring (bicyclic) bond motifs is 1. The summed E-state index contributed by atoms with van der Waals surface area (Å²) in [6.07, 6.45) is 0. The molecule has 4 rings (SSSR count). The molecule has 0 N–H and O–H groups in total. The maximum absolute atomic E-state index is 13.1. The molecule has 2 nitrogen and oxygen atoms in total. The van der Waals surface area contributed by atoms with E-state index in [0.717, 1.165) is 34.0 Å². The van der Waals surface area contributed by atoms with Crippen molar-refractivity contribution in [2.45, 2.75) is 6.54 Å². The van der Waals surface area contributed by atoms with E-state index in [1.165, 1.54) is 5.56 Å². The number of carbonyl (C=O) groups is 1. The minimum absolute atomic E-state index is 0.0599. The Balaban J connectivity index is 1.60. The van der Waals surface area contributed by atoms with Crippen molar-refractivity contribution in [1.82, 2.24) is 4.90 Å². The van der Waals surface area contributed by atoms with Crippen LogP contribution in [0.5, 0.6) is 0 Å². The van der Waals surface area contributed by atoms with Gasteiger partial charge in [-0.3, -0.25) is 4.79 Å². The third-order valence-electron chi connectivity index (χ3n) is 4.97. The Morgan fingerprint density at radius 1 is 0.714 bits per heavy atom. The second-order valence-corrected chi connectivity index (χ2v) is 7.37. The van der Waals surface area contributed by atoms with Crippen LogP contribution in [-0.2, 0) is 6.54 Å². The molecule has 0 aliphatic rings. The smallest absolute Gasteiger partial charge is 0.193 e. The van der Waals surface area contributed by atoms with Crippen LogP contribution in [0.3, 0.4) is 0 Å². The van der Waals surface area contributed by atoms with E-state index < -0.39 is 0 Å². The van der Waals surface area contributed by atoms with Crippen LogP contribution >= 0.6 is 0 Å². The SMILES string of the molecule is CN(C)Cc1ccc(-c2ccc(C(=O)c3cccc4ccccc34)cc2)cc1. The quantitative estimate of drug-likeness (QED) is 0.417. The number of ketones is 1. The van der Waals surface area contributed by atoms with Gasteiger partial charge in [0.15, 0.2) is 5.78 Å². The van der Waals surface area contributed by atoms with Crippen molar-refractivity contribution in [2.75, 3.05) is 14.1 Å². The van der Waals surface area contributed by atoms with Gasteiger partial charge in [0.05, 0.1) is 0 Å². The van der Waals surface area contributed by atoms with Crippen molar-refractivity contribution in [2.24, 2.45) is 0 Å². The third kappa shape index (κ3) is 3.73. The summed E-state index contributed by atoms with van der Waals surface area (Å²) in [5.74, 6) is 0.0599. The Hall–Kier alpha value is -3.23. The average molecular weight is 365 g/mol. The lowest BCUT2D eigenvalue weighted by Gasteiger charge is -2.10. The van der Waals surface area contributed by atoms with E-state index in [9.17, 15) is 4.79 Å². The fourth-order valence-corrected chi connectivity index (χ4v) is 3.56. The lowest BCUT2D eigenvalue weighted by Crippen LogP contribution is -2.10. The van der Waals surface area contributed by atoms with Crippen LogP contribution in [-0.4, -0.2) is 24.8 Å². The predicted octanol–water partition coefficient (Wildman–Crippen LogP) is 5.80. The Morgan fingerprint density at radius 3 is 2.00 bits per heavy atom. The van der Waals surface area contributed by atoms with E-state index in [1.807, 2.05) is 66.7 Å². The van der Waals surface area contributed by atoms with Gasteiger partial charge >= 0.3 is 0 Å².